The molecule has 2 unspecified atom stereocenters. The Kier molecular flexibility index (Phi) is 14.4. The third-order valence-electron chi connectivity index (χ3n) is 11.5. The molecule has 13 nitrogen and oxygen atoms in total. The van der Waals surface area contributed by atoms with E-state index in [1.54, 1.807) is 0 Å². The van der Waals surface area contributed by atoms with Crippen LogP contribution in [0.1, 0.15) is 120 Å². The number of nitrogens with one attached hydrogen (secondary N) is 5. The summed E-state index contributed by atoms with van der Waals surface area (Å²) in [5, 5.41) is 8.37. The Morgan fingerprint density at radius 3 is 2.12 bits per heavy atom. The van der Waals surface area contributed by atoms with Gasteiger partial charge in [-0.2, -0.15) is 0 Å². The van der Waals surface area contributed by atoms with Crippen LogP contribution in [0.2, 0.25) is 0 Å². The average molecular weight is 796 g/mol. The van der Waals surface area contributed by atoms with Gasteiger partial charge in [-0.25, -0.2) is 0 Å². The fourth-order valence-electron chi connectivity index (χ4n) is 8.04. The van der Waals surface area contributed by atoms with Crippen molar-refractivity contribution in [2.24, 2.45) is 11.8 Å². The lowest BCUT2D eigenvalue weighted by Gasteiger charge is -2.19. The van der Waals surface area contributed by atoms with E-state index >= 15 is 0 Å². The number of fused-ring (bicyclic) bond motifs is 8. The summed E-state index contributed by atoms with van der Waals surface area (Å²) < 4.78 is 15.2. The first-order chi connectivity index (χ1) is 27.8. The molecule has 3 aromatic rings. The van der Waals surface area contributed by atoms with Crippen LogP contribution < -0.4 is 21.3 Å². The van der Waals surface area contributed by atoms with Crippen LogP contribution in [-0.4, -0.2) is 78.8 Å². The van der Waals surface area contributed by atoms with Gasteiger partial charge in [0, 0.05) is 108 Å². The van der Waals surface area contributed by atoms with Crippen LogP contribution in [0.25, 0.3) is 29.9 Å². The number of Topliss-reactive ketones (excluding diaryl/α,β-unsaturated/α-hetero) is 2. The number of hydrogen-bond acceptors (Lipinski definition) is 9. The molecule has 0 saturated carbocycles. The summed E-state index contributed by atoms with van der Waals surface area (Å²) in [4.78, 5) is 75.9. The summed E-state index contributed by atoms with van der Waals surface area (Å²) in [5.74, 6) is -1.92. The fourth-order valence-corrected chi connectivity index (χ4v) is 8.04. The molecule has 2 aliphatic rings. The molecule has 5 rings (SSSR count). The molecule has 0 radical (unpaired) electrons. The maximum Gasteiger partial charge on any atom is 0.310 e. The number of aromatic amines is 3. The van der Waals surface area contributed by atoms with E-state index in [1.165, 1.54) is 21.3 Å². The van der Waals surface area contributed by atoms with Crippen molar-refractivity contribution >= 4 is 59.3 Å². The number of methoxy groups -OCH3 is 3. The smallest absolute Gasteiger partial charge is 0.310 e. The molecule has 2 atom stereocenters. The highest BCUT2D eigenvalue weighted by molar-refractivity contribution is 6.03. The van der Waals surface area contributed by atoms with Crippen molar-refractivity contribution in [1.29, 1.82) is 0 Å². The van der Waals surface area contributed by atoms with E-state index in [4.69, 9.17) is 14.2 Å². The molecule has 3 aromatic heterocycles. The summed E-state index contributed by atoms with van der Waals surface area (Å²) in [6.07, 6.45) is 9.58. The molecule has 1 saturated heterocycles. The zero-order valence-corrected chi connectivity index (χ0v) is 35.0. The number of ether oxygens (including phenoxy) is 3. The van der Waals surface area contributed by atoms with Crippen molar-refractivity contribution in [3.8, 4) is 0 Å². The molecule has 58 heavy (non-hydrogen) atoms. The summed E-state index contributed by atoms with van der Waals surface area (Å²) in [5.41, 5.74) is 10.0. The van der Waals surface area contributed by atoms with E-state index in [9.17, 15) is 24.0 Å². The van der Waals surface area contributed by atoms with E-state index in [1.807, 2.05) is 26.0 Å². The first-order valence-corrected chi connectivity index (χ1v) is 19.9. The summed E-state index contributed by atoms with van der Waals surface area (Å²) >= 11 is 0. The molecule has 2 aliphatic heterocycles. The van der Waals surface area contributed by atoms with Crippen LogP contribution >= 0.6 is 0 Å². The minimum absolute atomic E-state index is 0.0498. The van der Waals surface area contributed by atoms with E-state index in [0.29, 0.717) is 46.8 Å². The molecule has 1 amide bonds. The summed E-state index contributed by atoms with van der Waals surface area (Å²) in [7, 11) is 4.20. The normalized spacial score (nSPS) is 15.8. The van der Waals surface area contributed by atoms with Crippen LogP contribution in [0, 0.1) is 32.6 Å². The molecule has 5 heterocycles. The van der Waals surface area contributed by atoms with Crippen LogP contribution in [-0.2, 0) is 39.8 Å². The molecule has 0 spiro atoms. The monoisotopic (exact) mass is 795 g/mol. The Morgan fingerprint density at radius 2 is 1.47 bits per heavy atom. The van der Waals surface area contributed by atoms with Crippen molar-refractivity contribution in [1.82, 2.24) is 25.6 Å². The van der Waals surface area contributed by atoms with Gasteiger partial charge in [-0.1, -0.05) is 26.5 Å². The van der Waals surface area contributed by atoms with Gasteiger partial charge in [0.1, 0.15) is 11.6 Å². The number of H-pyrrole nitrogens is 3. The predicted molar refractivity (Wildman–Crippen MR) is 224 cm³/mol. The highest BCUT2D eigenvalue weighted by Crippen LogP contribution is 2.43. The summed E-state index contributed by atoms with van der Waals surface area (Å²) in [6, 6.07) is 0. The van der Waals surface area contributed by atoms with Gasteiger partial charge in [-0.3, -0.25) is 24.0 Å². The lowest BCUT2D eigenvalue weighted by molar-refractivity contribution is -0.141. The van der Waals surface area contributed by atoms with Gasteiger partial charge in [0.25, 0.3) is 5.91 Å². The number of hydrogen-bond donors (Lipinski definition) is 5. The number of amides is 1. The number of carbonyl (C=O) groups excluding carboxylic acids is 5. The second kappa shape index (κ2) is 19.2. The van der Waals surface area contributed by atoms with Crippen molar-refractivity contribution < 1.29 is 38.2 Å². The highest BCUT2D eigenvalue weighted by Gasteiger charge is 2.37. The zero-order chi connectivity index (χ0) is 42.3. The number of aromatic nitrogens is 3. The molecular formula is C45H57N5O8. The summed E-state index contributed by atoms with van der Waals surface area (Å²) in [6.45, 7) is 14.6. The van der Waals surface area contributed by atoms with E-state index < -0.39 is 11.9 Å². The molecular weight excluding hydrogens is 739 g/mol. The van der Waals surface area contributed by atoms with Crippen molar-refractivity contribution in [3.05, 3.63) is 84.8 Å². The largest absolute Gasteiger partial charge is 0.469 e. The Morgan fingerprint density at radius 1 is 0.793 bits per heavy atom. The third-order valence-corrected chi connectivity index (χ3v) is 11.5. The predicted octanol–water partition coefficient (Wildman–Crippen LogP) is 4.97. The maximum absolute atomic E-state index is 14.4. The standard InChI is InChI=1S/C45H57N5O8/c1-10-30-24(3)34-21-36-26(5)32(14-15-40(53)57-8)43(49-36)33(20-41(54)58-9)44-42(45(55)46-18-16-28(51)12-13-29(52)17-19-56-7)27(6)37(50-44)23-39-31(11-2)25(4)35(48-39)22-38(30)47-34/h10,21-23,26,32,47-50H,1,11-20H2,2-9H3,(H,46,55). The Hall–Kier alpha value is -5.69. The number of rotatable bonds is 17. The average Bonchev–Trinajstić information content (AvgIpc) is 3.89. The second-order valence-electron chi connectivity index (χ2n) is 15.0. The van der Waals surface area contributed by atoms with Crippen LogP contribution in [0.3, 0.4) is 0 Å². The molecule has 310 valence electrons. The Bertz CT molecular complexity index is 2300. The van der Waals surface area contributed by atoms with E-state index in [0.717, 1.165) is 56.5 Å². The van der Waals surface area contributed by atoms with Gasteiger partial charge in [0.2, 0.25) is 0 Å². The molecule has 5 N–H and O–H groups in total. The molecule has 8 bridgehead atoms. The topological polar surface area (TPSA) is 184 Å². The van der Waals surface area contributed by atoms with Crippen LogP contribution in [0.15, 0.2) is 18.0 Å². The van der Waals surface area contributed by atoms with Gasteiger partial charge in [0.05, 0.1) is 38.5 Å². The number of carbonyl (C=O) groups is 5. The molecule has 0 aromatic carbocycles. The molecule has 13 heteroatoms. The van der Waals surface area contributed by atoms with Crippen LogP contribution in [0.4, 0.5) is 0 Å². The van der Waals surface area contributed by atoms with Gasteiger partial charge < -0.3 is 39.8 Å². The van der Waals surface area contributed by atoms with E-state index in [2.05, 4.69) is 65.1 Å². The molecule has 1 fully saturated rings. The van der Waals surface area contributed by atoms with Gasteiger partial charge in [-0.15, -0.1) is 0 Å². The van der Waals surface area contributed by atoms with Gasteiger partial charge in [-0.05, 0) is 74.1 Å². The Balaban J connectivity index is 1.73. The van der Waals surface area contributed by atoms with Crippen LogP contribution in [0.5, 0.6) is 0 Å². The van der Waals surface area contributed by atoms with Gasteiger partial charge >= 0.3 is 11.9 Å². The van der Waals surface area contributed by atoms with Gasteiger partial charge in [0.15, 0.2) is 0 Å². The van der Waals surface area contributed by atoms with Crippen molar-refractivity contribution in [2.75, 3.05) is 34.5 Å². The first kappa shape index (κ1) is 43.4. The zero-order valence-electron chi connectivity index (χ0n) is 35.0. The van der Waals surface area contributed by atoms with Crippen molar-refractivity contribution in [2.45, 2.75) is 86.0 Å². The number of esters is 2. The molecule has 0 aliphatic carbocycles. The number of allylic oxidation sites excluding steroid dienone is 2. The third kappa shape index (κ3) is 9.36. The fraction of sp³-hybridized carbons (Fsp3) is 0.444. The lowest BCUT2D eigenvalue weighted by atomic mass is 9.85. The second-order valence-corrected chi connectivity index (χ2v) is 15.0. The minimum atomic E-state index is -0.515. The Labute approximate surface area is 339 Å². The first-order valence-electron chi connectivity index (χ1n) is 19.9. The SMILES string of the molecule is C=Cc1c2[nH]c(c1C)C=C1NC(=C(CC(=O)OC)c3[nH]c(c(C)c3C(=O)NCCC(=O)CCC(=O)CCOC)C=c3[nH]c(c(C)c3CC)=C2)C(CCC(=O)OC)C1C. The van der Waals surface area contributed by atoms with E-state index in [-0.39, 0.29) is 74.4 Å². The highest BCUT2D eigenvalue weighted by atomic mass is 16.5. The lowest BCUT2D eigenvalue weighted by Crippen LogP contribution is -2.27. The van der Waals surface area contributed by atoms with Crippen molar-refractivity contribution in [3.63, 3.8) is 0 Å². The quantitative estimate of drug-likeness (QED) is 0.118. The minimum Gasteiger partial charge on any atom is -0.469 e. The number of ketones is 2. The maximum atomic E-state index is 14.4.